The third kappa shape index (κ3) is 5.26. The Kier molecular flexibility index (Phi) is 8.01. The van der Waals surface area contributed by atoms with Crippen LogP contribution in [-0.4, -0.2) is 61.5 Å². The Morgan fingerprint density at radius 1 is 0.756 bits per heavy atom. The van der Waals surface area contributed by atoms with Crippen molar-refractivity contribution >= 4 is 44.2 Å². The van der Waals surface area contributed by atoms with E-state index in [1.807, 2.05) is 54.6 Å². The van der Waals surface area contributed by atoms with Gasteiger partial charge in [0, 0.05) is 53.9 Å². The van der Waals surface area contributed by atoms with Gasteiger partial charge in [-0.2, -0.15) is 4.31 Å². The summed E-state index contributed by atoms with van der Waals surface area (Å²) in [7, 11) is -3.65. The zero-order chi connectivity index (χ0) is 29.1. The molecule has 41 heavy (non-hydrogen) atoms. The van der Waals surface area contributed by atoms with Crippen LogP contribution >= 0.6 is 0 Å². The van der Waals surface area contributed by atoms with Gasteiger partial charge in [-0.1, -0.05) is 56.3 Å². The topological polar surface area (TPSA) is 95.1 Å². The van der Waals surface area contributed by atoms with E-state index in [1.165, 1.54) is 33.5 Å². The number of nitrogens with zero attached hydrogens (tertiary/aromatic N) is 3. The highest BCUT2D eigenvalue weighted by atomic mass is 32.2. The quantitative estimate of drug-likeness (QED) is 0.245. The summed E-state index contributed by atoms with van der Waals surface area (Å²) in [5.41, 5.74) is 1.98. The average Bonchev–Trinajstić information content (AvgIpc) is 3.00. The molecule has 0 spiro atoms. The first kappa shape index (κ1) is 28.2. The number of sulfonamides is 1. The van der Waals surface area contributed by atoms with Crippen LogP contribution in [0.4, 0.5) is 5.69 Å². The molecule has 0 radical (unpaired) electrons. The lowest BCUT2D eigenvalue weighted by atomic mass is 9.94. The summed E-state index contributed by atoms with van der Waals surface area (Å²) in [5, 5.41) is 1.52. The second-order valence-electron chi connectivity index (χ2n) is 9.73. The molecule has 0 aromatic heterocycles. The minimum atomic E-state index is -3.65. The molecule has 0 saturated carbocycles. The van der Waals surface area contributed by atoms with Crippen LogP contribution in [0, 0.1) is 0 Å². The highest BCUT2D eigenvalue weighted by molar-refractivity contribution is 7.89. The van der Waals surface area contributed by atoms with E-state index >= 15 is 0 Å². The van der Waals surface area contributed by atoms with Crippen molar-refractivity contribution in [1.82, 2.24) is 9.21 Å². The molecule has 9 heteroatoms. The van der Waals surface area contributed by atoms with Crippen molar-refractivity contribution in [2.24, 2.45) is 0 Å². The zero-order valence-corrected chi connectivity index (χ0v) is 23.8. The van der Waals surface area contributed by atoms with Gasteiger partial charge < -0.3 is 4.90 Å². The van der Waals surface area contributed by atoms with Gasteiger partial charge in [-0.15, -0.1) is 0 Å². The Morgan fingerprint density at radius 3 is 1.90 bits per heavy atom. The molecule has 1 heterocycles. The van der Waals surface area contributed by atoms with Crippen molar-refractivity contribution in [2.45, 2.75) is 25.2 Å². The van der Waals surface area contributed by atoms with Crippen LogP contribution in [0.5, 0.6) is 0 Å². The van der Waals surface area contributed by atoms with Gasteiger partial charge in [0.2, 0.25) is 10.0 Å². The van der Waals surface area contributed by atoms with E-state index in [-0.39, 0.29) is 35.7 Å². The number of benzene rings is 4. The Labute approximate surface area is 239 Å². The highest BCUT2D eigenvalue weighted by Crippen LogP contribution is 2.30. The van der Waals surface area contributed by atoms with E-state index in [4.69, 9.17) is 0 Å². The van der Waals surface area contributed by atoms with Crippen LogP contribution in [0.1, 0.15) is 51.3 Å². The smallest absolute Gasteiger partial charge is 0.261 e. The molecule has 5 rings (SSSR count). The molecule has 0 N–H and O–H groups in total. The molecule has 0 aliphatic carbocycles. The Bertz CT molecular complexity index is 1670. The van der Waals surface area contributed by atoms with Crippen LogP contribution in [0.2, 0.25) is 0 Å². The number of carbonyl (C=O) groups is 3. The summed E-state index contributed by atoms with van der Waals surface area (Å²) in [4.78, 5) is 43.2. The molecule has 0 atom stereocenters. The van der Waals surface area contributed by atoms with Gasteiger partial charge in [0.05, 0.1) is 4.90 Å². The number of carbonyl (C=O) groups excluding carboxylic acids is 3. The van der Waals surface area contributed by atoms with Crippen LogP contribution < -0.4 is 4.90 Å². The van der Waals surface area contributed by atoms with Crippen molar-refractivity contribution in [3.8, 4) is 0 Å². The predicted molar refractivity (Wildman–Crippen MR) is 159 cm³/mol. The van der Waals surface area contributed by atoms with E-state index in [0.29, 0.717) is 47.3 Å². The lowest BCUT2D eigenvalue weighted by molar-refractivity contribution is 0.0610. The number of amides is 3. The number of anilines is 1. The largest absolute Gasteiger partial charge is 0.308 e. The Hall–Kier alpha value is -4.34. The van der Waals surface area contributed by atoms with Gasteiger partial charge >= 0.3 is 0 Å². The highest BCUT2D eigenvalue weighted by Gasteiger charge is 2.32. The fraction of sp³-hybridized carbons (Fsp3) is 0.219. The van der Waals surface area contributed by atoms with Crippen molar-refractivity contribution in [2.75, 3.05) is 31.1 Å². The van der Waals surface area contributed by atoms with Gasteiger partial charge in [0.1, 0.15) is 0 Å². The normalized spacial score (nSPS) is 13.2. The lowest BCUT2D eigenvalue weighted by Gasteiger charge is -2.29. The van der Waals surface area contributed by atoms with Crippen LogP contribution in [0.3, 0.4) is 0 Å². The van der Waals surface area contributed by atoms with Crippen LogP contribution in [0.15, 0.2) is 95.9 Å². The molecule has 1 aliphatic rings. The summed E-state index contributed by atoms with van der Waals surface area (Å²) in [6, 6.07) is 25.9. The maximum Gasteiger partial charge on any atom is 0.261 e. The number of para-hydroxylation sites is 1. The van der Waals surface area contributed by atoms with E-state index < -0.39 is 10.0 Å². The SMILES string of the molecule is CCN(CC)S(=O)(=O)c1ccc(C(=O)N(CCCN2C(=O)c3cccc4cccc(c34)C2=O)c2ccccc2)cc1. The molecule has 0 unspecified atom stereocenters. The summed E-state index contributed by atoms with van der Waals surface area (Å²) in [6.45, 7) is 4.64. The van der Waals surface area contributed by atoms with Crippen molar-refractivity contribution in [3.63, 3.8) is 0 Å². The molecule has 210 valence electrons. The monoisotopic (exact) mass is 569 g/mol. The van der Waals surface area contributed by atoms with Crippen molar-refractivity contribution < 1.29 is 22.8 Å². The zero-order valence-electron chi connectivity index (χ0n) is 23.0. The van der Waals surface area contributed by atoms with E-state index in [9.17, 15) is 22.8 Å². The standard InChI is InChI=1S/C32H31N3O5S/c1-3-33(4-2)41(39,40)26-19-17-24(18-20-26)30(36)34(25-13-6-5-7-14-25)21-10-22-35-31(37)27-15-8-11-23-12-9-16-28(29(23)27)32(35)38/h5-9,11-20H,3-4,10,21-22H2,1-2H3. The van der Waals surface area contributed by atoms with E-state index in [2.05, 4.69) is 0 Å². The number of rotatable bonds is 10. The molecule has 0 bridgehead atoms. The van der Waals surface area contributed by atoms with Crippen LogP contribution in [-0.2, 0) is 10.0 Å². The average molecular weight is 570 g/mol. The summed E-state index contributed by atoms with van der Waals surface area (Å²) >= 11 is 0. The third-order valence-electron chi connectivity index (χ3n) is 7.38. The molecule has 3 amide bonds. The van der Waals surface area contributed by atoms with Crippen molar-refractivity contribution in [1.29, 1.82) is 0 Å². The first-order valence-electron chi connectivity index (χ1n) is 13.6. The van der Waals surface area contributed by atoms with Crippen molar-refractivity contribution in [3.05, 3.63) is 108 Å². The number of hydrogen-bond acceptors (Lipinski definition) is 5. The first-order chi connectivity index (χ1) is 19.8. The number of imide groups is 1. The minimum Gasteiger partial charge on any atom is -0.308 e. The van der Waals surface area contributed by atoms with Crippen LogP contribution in [0.25, 0.3) is 10.8 Å². The molecule has 0 saturated heterocycles. The summed E-state index contributed by atoms with van der Waals surface area (Å²) in [5.74, 6) is -1.00. The Balaban J connectivity index is 1.36. The second-order valence-corrected chi connectivity index (χ2v) is 11.7. The lowest BCUT2D eigenvalue weighted by Crippen LogP contribution is -2.42. The fourth-order valence-corrected chi connectivity index (χ4v) is 6.72. The third-order valence-corrected chi connectivity index (χ3v) is 9.44. The van der Waals surface area contributed by atoms with Gasteiger partial charge in [0.15, 0.2) is 0 Å². The van der Waals surface area contributed by atoms with Gasteiger partial charge in [-0.05, 0) is 60.3 Å². The molecule has 4 aromatic carbocycles. The molecule has 4 aromatic rings. The Morgan fingerprint density at radius 2 is 1.34 bits per heavy atom. The molecule has 0 fully saturated rings. The molecule has 1 aliphatic heterocycles. The van der Waals surface area contributed by atoms with Gasteiger partial charge in [0.25, 0.3) is 17.7 Å². The first-order valence-corrected chi connectivity index (χ1v) is 15.1. The molecular weight excluding hydrogens is 538 g/mol. The number of hydrogen-bond donors (Lipinski definition) is 0. The van der Waals surface area contributed by atoms with E-state index in [1.54, 1.807) is 30.9 Å². The minimum absolute atomic E-state index is 0.126. The maximum absolute atomic E-state index is 13.7. The molecular formula is C32H31N3O5S. The predicted octanol–water partition coefficient (Wildman–Crippen LogP) is 5.20. The van der Waals surface area contributed by atoms with Gasteiger partial charge in [-0.25, -0.2) is 8.42 Å². The molecule has 8 nitrogen and oxygen atoms in total. The van der Waals surface area contributed by atoms with Gasteiger partial charge in [-0.3, -0.25) is 19.3 Å². The summed E-state index contributed by atoms with van der Waals surface area (Å²) in [6.07, 6.45) is 0.352. The summed E-state index contributed by atoms with van der Waals surface area (Å²) < 4.78 is 27.1. The fourth-order valence-electron chi connectivity index (χ4n) is 5.26. The maximum atomic E-state index is 13.7. The second kappa shape index (κ2) is 11.6. The van der Waals surface area contributed by atoms with E-state index in [0.717, 1.165) is 5.39 Å².